The number of ether oxygens (including phenoxy) is 1. The van der Waals surface area contributed by atoms with Crippen LogP contribution >= 0.6 is 0 Å². The topological polar surface area (TPSA) is 38.2 Å². The zero-order valence-electron chi connectivity index (χ0n) is 14.0. The molecule has 23 heavy (non-hydrogen) atoms. The van der Waals surface area contributed by atoms with Crippen molar-refractivity contribution in [3.8, 4) is 0 Å². The van der Waals surface area contributed by atoms with E-state index in [0.29, 0.717) is 0 Å². The molecule has 1 fully saturated rings. The van der Waals surface area contributed by atoms with Gasteiger partial charge in [-0.1, -0.05) is 29.8 Å². The second-order valence-electron chi connectivity index (χ2n) is 6.47. The van der Waals surface area contributed by atoms with Crippen LogP contribution in [-0.4, -0.2) is 28.5 Å². The van der Waals surface area contributed by atoms with Crippen LogP contribution in [0.2, 0.25) is 0 Å². The molecule has 122 valence electrons. The van der Waals surface area contributed by atoms with Crippen molar-refractivity contribution in [2.45, 2.75) is 45.4 Å². The van der Waals surface area contributed by atoms with Crippen molar-refractivity contribution in [3.05, 3.63) is 59.2 Å². The maximum Gasteiger partial charge on any atom is 0.157 e. The largest absolute Gasteiger partial charge is 0.370 e. The first-order valence-electron chi connectivity index (χ1n) is 8.37. The van der Waals surface area contributed by atoms with Gasteiger partial charge in [-0.05, 0) is 38.8 Å². The number of nitrogens with zero attached hydrogens (tertiary/aromatic N) is 3. The second kappa shape index (κ2) is 7.66. The van der Waals surface area contributed by atoms with Gasteiger partial charge in [0.05, 0.1) is 0 Å². The molecule has 1 atom stereocenters. The molecule has 0 bridgehead atoms. The quantitative estimate of drug-likeness (QED) is 0.844. The van der Waals surface area contributed by atoms with E-state index >= 15 is 0 Å². The summed E-state index contributed by atoms with van der Waals surface area (Å²) in [6.45, 7) is 4.73. The van der Waals surface area contributed by atoms with Crippen LogP contribution in [0.3, 0.4) is 0 Å². The lowest BCUT2D eigenvalue weighted by molar-refractivity contribution is 0.00938. The van der Waals surface area contributed by atoms with Gasteiger partial charge in [0.25, 0.3) is 0 Å². The standard InChI is InChI=1S/C19H25N3O/c1-15-6-5-7-16(10-15)13-22(2)14-17-11-20-19(21-12-17)18-8-3-4-9-23-18/h5-7,10-12,18H,3-4,8-9,13-14H2,1-2H3/t18-/m1/s1. The van der Waals surface area contributed by atoms with E-state index in [1.807, 2.05) is 12.4 Å². The second-order valence-corrected chi connectivity index (χ2v) is 6.47. The van der Waals surface area contributed by atoms with Gasteiger partial charge in [-0.15, -0.1) is 0 Å². The minimum absolute atomic E-state index is 0.0859. The number of hydrogen-bond acceptors (Lipinski definition) is 4. The lowest BCUT2D eigenvalue weighted by Gasteiger charge is -2.21. The minimum atomic E-state index is 0.0859. The zero-order chi connectivity index (χ0) is 16.1. The van der Waals surface area contributed by atoms with Gasteiger partial charge < -0.3 is 4.74 Å². The number of hydrogen-bond donors (Lipinski definition) is 0. The van der Waals surface area contributed by atoms with Gasteiger partial charge in [-0.3, -0.25) is 4.90 Å². The molecule has 0 unspecified atom stereocenters. The average molecular weight is 311 g/mol. The van der Waals surface area contributed by atoms with Crippen LogP contribution in [0.15, 0.2) is 36.7 Å². The molecule has 3 rings (SSSR count). The van der Waals surface area contributed by atoms with Gasteiger partial charge in [0.1, 0.15) is 6.10 Å². The van der Waals surface area contributed by atoms with Crippen LogP contribution in [0, 0.1) is 6.92 Å². The third kappa shape index (κ3) is 4.60. The first-order chi connectivity index (χ1) is 11.2. The Morgan fingerprint density at radius 3 is 2.61 bits per heavy atom. The molecule has 4 heteroatoms. The van der Waals surface area contributed by atoms with E-state index in [0.717, 1.165) is 43.9 Å². The molecule has 0 aliphatic carbocycles. The van der Waals surface area contributed by atoms with Crippen molar-refractivity contribution in [2.75, 3.05) is 13.7 Å². The fraction of sp³-hybridized carbons (Fsp3) is 0.474. The van der Waals surface area contributed by atoms with Crippen molar-refractivity contribution in [1.29, 1.82) is 0 Å². The van der Waals surface area contributed by atoms with Crippen LogP contribution in [-0.2, 0) is 17.8 Å². The molecule has 1 aromatic carbocycles. The molecule has 1 aromatic heterocycles. The van der Waals surface area contributed by atoms with Gasteiger partial charge >= 0.3 is 0 Å². The van der Waals surface area contributed by atoms with Crippen LogP contribution in [0.1, 0.15) is 47.9 Å². The van der Waals surface area contributed by atoms with E-state index in [1.165, 1.54) is 17.5 Å². The molecule has 2 heterocycles. The van der Waals surface area contributed by atoms with Gasteiger partial charge in [-0.25, -0.2) is 9.97 Å². The fourth-order valence-electron chi connectivity index (χ4n) is 3.05. The van der Waals surface area contributed by atoms with E-state index in [2.05, 4.69) is 53.1 Å². The third-order valence-corrected chi connectivity index (χ3v) is 4.18. The number of rotatable bonds is 5. The van der Waals surface area contributed by atoms with E-state index < -0.39 is 0 Å². The van der Waals surface area contributed by atoms with Crippen molar-refractivity contribution >= 4 is 0 Å². The van der Waals surface area contributed by atoms with Crippen LogP contribution in [0.4, 0.5) is 0 Å². The average Bonchev–Trinajstić information content (AvgIpc) is 2.56. The van der Waals surface area contributed by atoms with Gasteiger partial charge in [0.2, 0.25) is 0 Å². The normalized spacial score (nSPS) is 18.3. The molecular formula is C19H25N3O. The summed E-state index contributed by atoms with van der Waals surface area (Å²) in [5, 5.41) is 0. The molecule has 0 radical (unpaired) electrons. The molecule has 1 aliphatic rings. The highest BCUT2D eigenvalue weighted by Crippen LogP contribution is 2.24. The van der Waals surface area contributed by atoms with Crippen molar-refractivity contribution in [2.24, 2.45) is 0 Å². The Labute approximate surface area is 138 Å². The first kappa shape index (κ1) is 16.1. The molecule has 4 nitrogen and oxygen atoms in total. The monoisotopic (exact) mass is 311 g/mol. The Bertz CT molecular complexity index is 621. The molecule has 1 saturated heterocycles. The van der Waals surface area contributed by atoms with E-state index in [9.17, 15) is 0 Å². The number of aromatic nitrogens is 2. The Kier molecular flexibility index (Phi) is 5.36. The molecule has 0 saturated carbocycles. The highest BCUT2D eigenvalue weighted by atomic mass is 16.5. The third-order valence-electron chi connectivity index (χ3n) is 4.18. The zero-order valence-corrected chi connectivity index (χ0v) is 14.0. The Morgan fingerprint density at radius 2 is 1.91 bits per heavy atom. The van der Waals surface area contributed by atoms with Gasteiger partial charge in [0.15, 0.2) is 5.82 Å². The summed E-state index contributed by atoms with van der Waals surface area (Å²) in [7, 11) is 2.13. The minimum Gasteiger partial charge on any atom is -0.370 e. The lowest BCUT2D eigenvalue weighted by Crippen LogP contribution is -2.18. The predicted molar refractivity (Wildman–Crippen MR) is 90.9 cm³/mol. The molecule has 0 N–H and O–H groups in total. The predicted octanol–water partition coefficient (Wildman–Crippen LogP) is 3.66. The highest BCUT2D eigenvalue weighted by molar-refractivity contribution is 5.22. The highest BCUT2D eigenvalue weighted by Gasteiger charge is 2.18. The van der Waals surface area contributed by atoms with E-state index in [1.54, 1.807) is 0 Å². The summed E-state index contributed by atoms with van der Waals surface area (Å²) in [5.41, 5.74) is 3.77. The molecular weight excluding hydrogens is 286 g/mol. The summed E-state index contributed by atoms with van der Waals surface area (Å²) in [6.07, 6.45) is 7.35. The number of benzene rings is 1. The first-order valence-corrected chi connectivity index (χ1v) is 8.37. The summed E-state index contributed by atoms with van der Waals surface area (Å²) in [6, 6.07) is 8.64. The summed E-state index contributed by atoms with van der Waals surface area (Å²) in [4.78, 5) is 11.3. The maximum absolute atomic E-state index is 5.74. The summed E-state index contributed by atoms with van der Waals surface area (Å²) >= 11 is 0. The van der Waals surface area contributed by atoms with Crippen LogP contribution in [0.5, 0.6) is 0 Å². The number of aryl methyl sites for hydroxylation is 1. The molecule has 2 aromatic rings. The Morgan fingerprint density at radius 1 is 1.13 bits per heavy atom. The van der Waals surface area contributed by atoms with E-state index in [4.69, 9.17) is 4.74 Å². The Hall–Kier alpha value is -1.78. The van der Waals surface area contributed by atoms with Crippen LogP contribution < -0.4 is 0 Å². The maximum atomic E-state index is 5.74. The van der Waals surface area contributed by atoms with Crippen molar-refractivity contribution < 1.29 is 4.74 Å². The SMILES string of the molecule is Cc1cccc(CN(C)Cc2cnc([C@H]3CCCCO3)nc2)c1. The Balaban J connectivity index is 1.57. The lowest BCUT2D eigenvalue weighted by atomic mass is 10.1. The van der Waals surface area contributed by atoms with Gasteiger partial charge in [0, 0.05) is 37.7 Å². The van der Waals surface area contributed by atoms with Crippen LogP contribution in [0.25, 0.3) is 0 Å². The molecule has 0 amide bonds. The van der Waals surface area contributed by atoms with Crippen molar-refractivity contribution in [1.82, 2.24) is 14.9 Å². The van der Waals surface area contributed by atoms with Crippen molar-refractivity contribution in [3.63, 3.8) is 0 Å². The van der Waals surface area contributed by atoms with E-state index in [-0.39, 0.29) is 6.10 Å². The molecule has 1 aliphatic heterocycles. The summed E-state index contributed by atoms with van der Waals surface area (Å²) < 4.78 is 5.74. The molecule has 0 spiro atoms. The fourth-order valence-corrected chi connectivity index (χ4v) is 3.05. The summed E-state index contributed by atoms with van der Waals surface area (Å²) in [5.74, 6) is 0.829. The smallest absolute Gasteiger partial charge is 0.157 e. The van der Waals surface area contributed by atoms with Gasteiger partial charge in [-0.2, -0.15) is 0 Å².